The predicted octanol–water partition coefficient (Wildman–Crippen LogP) is 6.15. The monoisotopic (exact) mass is 584 g/mol. The van der Waals surface area contributed by atoms with Gasteiger partial charge >= 0.3 is 5.97 Å². The van der Waals surface area contributed by atoms with Gasteiger partial charge in [0.1, 0.15) is 19.3 Å². The molecule has 2 aromatic carbocycles. The summed E-state index contributed by atoms with van der Waals surface area (Å²) < 4.78 is 20.0. The molecule has 0 fully saturated rings. The first-order valence-corrected chi connectivity index (χ1v) is 13.7. The molecule has 2 heterocycles. The standard InChI is InChI=1S/C27H29BrN4O4S/c1-5-13-35-25(33)22-17(4)29-26-30-27(37-7-3)31-32(26)23(22)19-14-20(28)24(21(15-19)34-6-2)36-16-18-11-9-8-10-12-18/h5,8-12,14-15,23H,1,6-7,13,16H2,2-4H3,(H,29,30,31). The van der Waals surface area contributed by atoms with Crippen molar-refractivity contribution in [2.45, 2.75) is 38.6 Å². The molecule has 1 unspecified atom stereocenters. The number of nitrogens with one attached hydrogen (secondary N) is 1. The van der Waals surface area contributed by atoms with Crippen LogP contribution in [0.5, 0.6) is 11.5 Å². The molecule has 0 radical (unpaired) electrons. The van der Waals surface area contributed by atoms with E-state index in [1.807, 2.05) is 63.2 Å². The molecule has 0 bridgehead atoms. The molecule has 10 heteroatoms. The molecule has 0 aliphatic carbocycles. The summed E-state index contributed by atoms with van der Waals surface area (Å²) in [4.78, 5) is 17.8. The van der Waals surface area contributed by atoms with Crippen molar-refractivity contribution in [3.05, 3.63) is 82.0 Å². The molecular weight excluding hydrogens is 556 g/mol. The first-order valence-electron chi connectivity index (χ1n) is 11.9. The second-order valence-corrected chi connectivity index (χ2v) is 10.2. The highest BCUT2D eigenvalue weighted by Gasteiger charge is 2.36. The van der Waals surface area contributed by atoms with E-state index < -0.39 is 12.0 Å². The third-order valence-corrected chi connectivity index (χ3v) is 6.84. The van der Waals surface area contributed by atoms with Crippen molar-refractivity contribution in [3.63, 3.8) is 0 Å². The van der Waals surface area contributed by atoms with Gasteiger partial charge in [-0.1, -0.05) is 61.7 Å². The number of nitrogens with zero attached hydrogens (tertiary/aromatic N) is 3. The van der Waals surface area contributed by atoms with Crippen LogP contribution in [0.15, 0.2) is 76.0 Å². The number of halogens is 1. The summed E-state index contributed by atoms with van der Waals surface area (Å²) in [6.45, 7) is 10.4. The van der Waals surface area contributed by atoms with Crippen LogP contribution in [0.25, 0.3) is 0 Å². The summed E-state index contributed by atoms with van der Waals surface area (Å²) in [7, 11) is 0. The summed E-state index contributed by atoms with van der Waals surface area (Å²) in [6.07, 6.45) is 1.54. The van der Waals surface area contributed by atoms with E-state index in [4.69, 9.17) is 19.3 Å². The fourth-order valence-electron chi connectivity index (χ4n) is 3.99. The fourth-order valence-corrected chi connectivity index (χ4v) is 5.11. The molecule has 0 spiro atoms. The number of esters is 1. The van der Waals surface area contributed by atoms with E-state index in [9.17, 15) is 4.79 Å². The Balaban J connectivity index is 1.79. The maximum Gasteiger partial charge on any atom is 0.338 e. The lowest BCUT2D eigenvalue weighted by Gasteiger charge is -2.29. The number of carbonyl (C=O) groups excluding carboxylic acids is 1. The summed E-state index contributed by atoms with van der Waals surface area (Å²) in [6, 6.07) is 13.1. The van der Waals surface area contributed by atoms with E-state index in [0.29, 0.717) is 51.6 Å². The second-order valence-electron chi connectivity index (χ2n) is 8.09. The molecule has 1 aliphatic heterocycles. The minimum atomic E-state index is -0.592. The number of hydrogen-bond donors (Lipinski definition) is 1. The largest absolute Gasteiger partial charge is 0.490 e. The zero-order valence-electron chi connectivity index (χ0n) is 21.0. The molecule has 194 valence electrons. The van der Waals surface area contributed by atoms with Crippen LogP contribution in [0, 0.1) is 0 Å². The number of ether oxygens (including phenoxy) is 3. The maximum atomic E-state index is 13.2. The smallest absolute Gasteiger partial charge is 0.338 e. The van der Waals surface area contributed by atoms with Gasteiger partial charge in [0, 0.05) is 5.70 Å². The van der Waals surface area contributed by atoms with Gasteiger partial charge in [-0.2, -0.15) is 4.98 Å². The van der Waals surface area contributed by atoms with Gasteiger partial charge in [-0.05, 0) is 58.8 Å². The van der Waals surface area contributed by atoms with Crippen LogP contribution in [-0.4, -0.2) is 39.7 Å². The summed E-state index contributed by atoms with van der Waals surface area (Å²) in [5.41, 5.74) is 2.89. The Hall–Kier alpha value is -3.24. The van der Waals surface area contributed by atoms with E-state index >= 15 is 0 Å². The number of benzene rings is 2. The molecule has 8 nitrogen and oxygen atoms in total. The first-order chi connectivity index (χ1) is 18.0. The molecule has 37 heavy (non-hydrogen) atoms. The molecular formula is C27H29BrN4O4S. The van der Waals surface area contributed by atoms with Crippen molar-refractivity contribution < 1.29 is 19.0 Å². The van der Waals surface area contributed by atoms with Gasteiger partial charge in [-0.3, -0.25) is 0 Å². The van der Waals surface area contributed by atoms with Crippen molar-refractivity contribution in [2.24, 2.45) is 0 Å². The van der Waals surface area contributed by atoms with E-state index in [-0.39, 0.29) is 6.61 Å². The molecule has 0 saturated carbocycles. The third kappa shape index (κ3) is 6.02. The average molecular weight is 586 g/mol. The molecule has 3 aromatic rings. The predicted molar refractivity (Wildman–Crippen MR) is 148 cm³/mol. The fraction of sp³-hybridized carbons (Fsp3) is 0.296. The molecule has 1 atom stereocenters. The van der Waals surface area contributed by atoms with Crippen LogP contribution in [0.4, 0.5) is 5.95 Å². The van der Waals surface area contributed by atoms with E-state index in [2.05, 4.69) is 32.8 Å². The second kappa shape index (κ2) is 12.3. The quantitative estimate of drug-likeness (QED) is 0.163. The maximum absolute atomic E-state index is 13.2. The lowest BCUT2D eigenvalue weighted by Crippen LogP contribution is -2.29. The van der Waals surface area contributed by atoms with Crippen molar-refractivity contribution >= 4 is 39.6 Å². The molecule has 1 aliphatic rings. The number of fused-ring (bicyclic) bond motifs is 1. The third-order valence-electron chi connectivity index (χ3n) is 5.53. The first kappa shape index (κ1) is 26.8. The van der Waals surface area contributed by atoms with Crippen LogP contribution in [0.3, 0.4) is 0 Å². The van der Waals surface area contributed by atoms with Crippen LogP contribution < -0.4 is 14.8 Å². The normalized spacial score (nSPS) is 14.5. The van der Waals surface area contributed by atoms with Crippen LogP contribution in [0.2, 0.25) is 0 Å². The van der Waals surface area contributed by atoms with Crippen molar-refractivity contribution in [3.8, 4) is 11.5 Å². The summed E-state index contributed by atoms with van der Waals surface area (Å²) >= 11 is 5.20. The number of rotatable bonds is 11. The Kier molecular flexibility index (Phi) is 8.94. The lowest BCUT2D eigenvalue weighted by molar-refractivity contribution is -0.138. The highest BCUT2D eigenvalue weighted by atomic mass is 79.9. The van der Waals surface area contributed by atoms with Gasteiger partial charge in [0.15, 0.2) is 11.5 Å². The molecule has 4 rings (SSSR count). The van der Waals surface area contributed by atoms with Gasteiger partial charge in [-0.15, -0.1) is 5.10 Å². The zero-order valence-corrected chi connectivity index (χ0v) is 23.4. The minimum Gasteiger partial charge on any atom is -0.490 e. The summed E-state index contributed by atoms with van der Waals surface area (Å²) in [5, 5.41) is 8.54. The number of carbonyl (C=O) groups is 1. The Morgan fingerprint density at radius 1 is 1.24 bits per heavy atom. The summed E-state index contributed by atoms with van der Waals surface area (Å²) in [5.74, 6) is 2.06. The number of hydrogen-bond acceptors (Lipinski definition) is 8. The Morgan fingerprint density at radius 2 is 2.03 bits per heavy atom. The van der Waals surface area contributed by atoms with Crippen molar-refractivity contribution in [1.82, 2.24) is 14.8 Å². The van der Waals surface area contributed by atoms with Gasteiger partial charge < -0.3 is 19.5 Å². The Labute approximate surface area is 229 Å². The van der Waals surface area contributed by atoms with E-state index in [0.717, 1.165) is 16.9 Å². The van der Waals surface area contributed by atoms with Crippen LogP contribution in [-0.2, 0) is 16.1 Å². The highest BCUT2D eigenvalue weighted by molar-refractivity contribution is 9.10. The minimum absolute atomic E-state index is 0.101. The molecule has 1 N–H and O–H groups in total. The molecule has 0 amide bonds. The Bertz CT molecular complexity index is 1310. The SMILES string of the molecule is C=CCOC(=O)C1=C(C)Nc2nc(SCC)nn2C1c1cc(Br)c(OCc2ccccc2)c(OCC)c1. The van der Waals surface area contributed by atoms with E-state index in [1.54, 1.807) is 10.8 Å². The van der Waals surface area contributed by atoms with Crippen molar-refractivity contribution in [2.75, 3.05) is 24.3 Å². The number of thioether (sulfide) groups is 1. The number of allylic oxidation sites excluding steroid dienone is 1. The molecule has 0 saturated heterocycles. The lowest BCUT2D eigenvalue weighted by atomic mass is 9.95. The molecule has 1 aromatic heterocycles. The van der Waals surface area contributed by atoms with Gasteiger partial charge in [0.05, 0.1) is 16.7 Å². The number of anilines is 1. The van der Waals surface area contributed by atoms with Crippen molar-refractivity contribution in [1.29, 1.82) is 0 Å². The van der Waals surface area contributed by atoms with Crippen LogP contribution >= 0.6 is 27.7 Å². The van der Waals surface area contributed by atoms with Crippen LogP contribution in [0.1, 0.15) is 37.9 Å². The average Bonchev–Trinajstić information content (AvgIpc) is 3.28. The van der Waals surface area contributed by atoms with Gasteiger partial charge in [0.2, 0.25) is 11.1 Å². The zero-order chi connectivity index (χ0) is 26.4. The highest BCUT2D eigenvalue weighted by Crippen LogP contribution is 2.43. The number of aromatic nitrogens is 3. The topological polar surface area (TPSA) is 87.5 Å². The van der Waals surface area contributed by atoms with Gasteiger partial charge in [0.25, 0.3) is 0 Å². The van der Waals surface area contributed by atoms with Gasteiger partial charge in [-0.25, -0.2) is 9.48 Å². The Morgan fingerprint density at radius 3 is 2.73 bits per heavy atom. The van der Waals surface area contributed by atoms with E-state index in [1.165, 1.54) is 11.8 Å².